The zero-order valence-electron chi connectivity index (χ0n) is 16.6. The van der Waals surface area contributed by atoms with Crippen molar-refractivity contribution in [2.24, 2.45) is 7.05 Å². The molecule has 1 atom stereocenters. The summed E-state index contributed by atoms with van der Waals surface area (Å²) in [5, 5.41) is 11.2. The number of amides is 1. The molecule has 1 aromatic carbocycles. The molecule has 3 N–H and O–H groups in total. The predicted molar refractivity (Wildman–Crippen MR) is 119 cm³/mol. The van der Waals surface area contributed by atoms with E-state index in [1.807, 2.05) is 37.5 Å². The van der Waals surface area contributed by atoms with Crippen molar-refractivity contribution in [3.63, 3.8) is 0 Å². The predicted octanol–water partition coefficient (Wildman–Crippen LogP) is 3.83. The van der Waals surface area contributed by atoms with E-state index in [2.05, 4.69) is 46.6 Å². The van der Waals surface area contributed by atoms with Gasteiger partial charge in [0.05, 0.1) is 35.0 Å². The van der Waals surface area contributed by atoms with E-state index >= 15 is 0 Å². The molecule has 1 amide bonds. The summed E-state index contributed by atoms with van der Waals surface area (Å²) < 4.78 is 6.91. The number of aryl methyl sites for hydroxylation is 1. The van der Waals surface area contributed by atoms with E-state index in [4.69, 9.17) is 4.74 Å². The fourth-order valence-corrected chi connectivity index (χ4v) is 3.21. The van der Waals surface area contributed by atoms with Gasteiger partial charge >= 0.3 is 0 Å². The van der Waals surface area contributed by atoms with E-state index < -0.39 is 0 Å². The normalized spacial score (nSPS) is 12.0. The SMILES string of the molecule is COc1nn(C)cc1Nc1nccc(-c2c[nH]c3c(NC(=O)C(C)Br)cccc23)n1. The Morgan fingerprint density at radius 1 is 1.30 bits per heavy atom. The highest BCUT2D eigenvalue weighted by atomic mass is 79.9. The number of aromatic nitrogens is 5. The summed E-state index contributed by atoms with van der Waals surface area (Å²) in [4.78, 5) is 24.0. The van der Waals surface area contributed by atoms with Gasteiger partial charge in [-0.1, -0.05) is 28.1 Å². The minimum absolute atomic E-state index is 0.113. The number of anilines is 3. The maximum atomic E-state index is 12.1. The van der Waals surface area contributed by atoms with Crippen LogP contribution in [0.5, 0.6) is 5.88 Å². The molecule has 4 aromatic rings. The van der Waals surface area contributed by atoms with Gasteiger partial charge in [0.15, 0.2) is 0 Å². The molecule has 1 unspecified atom stereocenters. The van der Waals surface area contributed by atoms with Gasteiger partial charge in [0, 0.05) is 30.4 Å². The number of methoxy groups -OCH3 is 1. The average molecular weight is 470 g/mol. The van der Waals surface area contributed by atoms with Gasteiger partial charge in [-0.25, -0.2) is 9.97 Å². The molecule has 0 aliphatic rings. The Kier molecular flexibility index (Phi) is 5.40. The van der Waals surface area contributed by atoms with Crippen LogP contribution in [-0.4, -0.2) is 42.6 Å². The molecule has 10 heteroatoms. The first kappa shape index (κ1) is 19.9. The number of rotatable bonds is 6. The Morgan fingerprint density at radius 2 is 2.13 bits per heavy atom. The van der Waals surface area contributed by atoms with Crippen molar-refractivity contribution < 1.29 is 9.53 Å². The molecule has 3 heterocycles. The van der Waals surface area contributed by atoms with Gasteiger partial charge < -0.3 is 20.4 Å². The minimum Gasteiger partial charge on any atom is -0.478 e. The van der Waals surface area contributed by atoms with Crippen LogP contribution in [0.1, 0.15) is 6.92 Å². The highest BCUT2D eigenvalue weighted by Gasteiger charge is 2.15. The molecule has 30 heavy (non-hydrogen) atoms. The second-order valence-corrected chi connectivity index (χ2v) is 8.03. The number of halogens is 1. The van der Waals surface area contributed by atoms with E-state index in [9.17, 15) is 4.79 Å². The summed E-state index contributed by atoms with van der Waals surface area (Å²) in [6, 6.07) is 7.57. The van der Waals surface area contributed by atoms with Crippen LogP contribution in [0.15, 0.2) is 42.9 Å². The fraction of sp³-hybridized carbons (Fsp3) is 0.200. The van der Waals surface area contributed by atoms with Crippen LogP contribution in [0.4, 0.5) is 17.3 Å². The molecule has 0 saturated carbocycles. The van der Waals surface area contributed by atoms with E-state index in [1.54, 1.807) is 31.1 Å². The highest BCUT2D eigenvalue weighted by molar-refractivity contribution is 9.10. The molecule has 0 fully saturated rings. The lowest BCUT2D eigenvalue weighted by Gasteiger charge is -2.08. The zero-order valence-corrected chi connectivity index (χ0v) is 18.2. The van der Waals surface area contributed by atoms with Crippen molar-refractivity contribution in [1.29, 1.82) is 0 Å². The maximum Gasteiger partial charge on any atom is 0.256 e. The molecule has 4 rings (SSSR count). The molecule has 0 spiro atoms. The summed E-state index contributed by atoms with van der Waals surface area (Å²) in [6.45, 7) is 1.78. The number of carbonyl (C=O) groups is 1. The summed E-state index contributed by atoms with van der Waals surface area (Å²) >= 11 is 3.29. The molecule has 0 radical (unpaired) electrons. The third-order valence-electron chi connectivity index (χ3n) is 4.50. The van der Waals surface area contributed by atoms with E-state index in [-0.39, 0.29) is 10.7 Å². The number of benzene rings is 1. The number of ether oxygens (including phenoxy) is 1. The molecular formula is C20H20BrN7O2. The Bertz CT molecular complexity index is 1220. The van der Waals surface area contributed by atoms with Crippen molar-refractivity contribution in [3.05, 3.63) is 42.9 Å². The van der Waals surface area contributed by atoms with Crippen molar-refractivity contribution in [2.45, 2.75) is 11.8 Å². The number of alkyl halides is 1. The van der Waals surface area contributed by atoms with Crippen LogP contribution in [0.2, 0.25) is 0 Å². The number of carbonyl (C=O) groups excluding carboxylic acids is 1. The summed E-state index contributed by atoms with van der Waals surface area (Å²) in [5.74, 6) is 0.767. The Hall–Kier alpha value is -3.40. The highest BCUT2D eigenvalue weighted by Crippen LogP contribution is 2.32. The molecule has 154 valence electrons. The van der Waals surface area contributed by atoms with Crippen LogP contribution in [0, 0.1) is 0 Å². The third-order valence-corrected chi connectivity index (χ3v) is 4.92. The molecule has 3 aromatic heterocycles. The van der Waals surface area contributed by atoms with Gasteiger partial charge in [-0.2, -0.15) is 0 Å². The third kappa shape index (κ3) is 3.86. The van der Waals surface area contributed by atoms with Crippen LogP contribution in [0.25, 0.3) is 22.2 Å². The number of para-hydroxylation sites is 1. The van der Waals surface area contributed by atoms with Crippen molar-refractivity contribution >= 4 is 50.1 Å². The zero-order chi connectivity index (χ0) is 21.3. The lowest BCUT2D eigenvalue weighted by Crippen LogP contribution is -2.19. The Morgan fingerprint density at radius 3 is 2.90 bits per heavy atom. The van der Waals surface area contributed by atoms with E-state index in [1.165, 1.54) is 0 Å². The van der Waals surface area contributed by atoms with Gasteiger partial charge in [0.1, 0.15) is 5.69 Å². The molecule has 0 aliphatic heterocycles. The van der Waals surface area contributed by atoms with Gasteiger partial charge in [-0.05, 0) is 19.1 Å². The van der Waals surface area contributed by atoms with Gasteiger partial charge in [0.2, 0.25) is 11.9 Å². The number of nitrogens with zero attached hydrogens (tertiary/aromatic N) is 4. The van der Waals surface area contributed by atoms with Crippen LogP contribution >= 0.6 is 15.9 Å². The van der Waals surface area contributed by atoms with Gasteiger partial charge in [-0.15, -0.1) is 5.10 Å². The number of fused-ring (bicyclic) bond motifs is 1. The number of aromatic amines is 1. The maximum absolute atomic E-state index is 12.1. The molecule has 9 nitrogen and oxygen atoms in total. The number of hydrogen-bond acceptors (Lipinski definition) is 6. The van der Waals surface area contributed by atoms with E-state index in [0.717, 1.165) is 22.2 Å². The van der Waals surface area contributed by atoms with Crippen molar-refractivity contribution in [3.8, 4) is 17.1 Å². The number of nitrogens with one attached hydrogen (secondary N) is 3. The van der Waals surface area contributed by atoms with Crippen LogP contribution in [-0.2, 0) is 11.8 Å². The standard InChI is InChI=1S/C20H20BrN7O2/c1-11(21)18(29)24-15-6-4-5-12-13(9-23-17(12)15)14-7-8-22-20(25-14)26-16-10-28(2)27-19(16)30-3/h4-11,23H,1-3H3,(H,24,29)(H,22,25,26). The van der Waals surface area contributed by atoms with Crippen molar-refractivity contribution in [1.82, 2.24) is 24.7 Å². The number of H-pyrrole nitrogens is 1. The summed E-state index contributed by atoms with van der Waals surface area (Å²) in [6.07, 6.45) is 5.35. The van der Waals surface area contributed by atoms with Gasteiger partial charge in [0.25, 0.3) is 5.88 Å². The first-order valence-electron chi connectivity index (χ1n) is 9.19. The van der Waals surface area contributed by atoms with Crippen LogP contribution in [0.3, 0.4) is 0 Å². The topological polar surface area (TPSA) is 110 Å². The first-order valence-corrected chi connectivity index (χ1v) is 10.1. The largest absolute Gasteiger partial charge is 0.478 e. The lowest BCUT2D eigenvalue weighted by atomic mass is 10.1. The minimum atomic E-state index is -0.290. The van der Waals surface area contributed by atoms with Gasteiger partial charge in [-0.3, -0.25) is 9.48 Å². The van der Waals surface area contributed by atoms with Crippen molar-refractivity contribution in [2.75, 3.05) is 17.7 Å². The molecular weight excluding hydrogens is 450 g/mol. The first-order chi connectivity index (χ1) is 14.5. The summed E-state index contributed by atoms with van der Waals surface area (Å²) in [7, 11) is 3.37. The molecule has 0 bridgehead atoms. The summed E-state index contributed by atoms with van der Waals surface area (Å²) in [5.41, 5.74) is 3.85. The number of hydrogen-bond donors (Lipinski definition) is 3. The smallest absolute Gasteiger partial charge is 0.256 e. The monoisotopic (exact) mass is 469 g/mol. The second kappa shape index (κ2) is 8.15. The fourth-order valence-electron chi connectivity index (χ4n) is 3.10. The average Bonchev–Trinajstić information content (AvgIpc) is 3.31. The van der Waals surface area contributed by atoms with E-state index in [0.29, 0.717) is 23.2 Å². The molecule has 0 saturated heterocycles. The lowest BCUT2D eigenvalue weighted by molar-refractivity contribution is -0.115. The Labute approximate surface area is 181 Å². The molecule has 0 aliphatic carbocycles. The second-order valence-electron chi connectivity index (χ2n) is 6.65. The Balaban J connectivity index is 1.68. The quantitative estimate of drug-likeness (QED) is 0.370. The van der Waals surface area contributed by atoms with Crippen LogP contribution < -0.4 is 15.4 Å².